The van der Waals surface area contributed by atoms with Crippen LogP contribution in [0.15, 0.2) is 52.7 Å². The fourth-order valence-corrected chi connectivity index (χ4v) is 3.96. The first-order chi connectivity index (χ1) is 17.3. The number of non-ortho nitro benzene ring substituents is 1. The Labute approximate surface area is 206 Å². The summed E-state index contributed by atoms with van der Waals surface area (Å²) < 4.78 is 10.7. The number of azo groups is 1. The molecule has 0 aromatic heterocycles. The number of hydrogen-bond acceptors (Lipinski definition) is 9. The van der Waals surface area contributed by atoms with Gasteiger partial charge in [0.15, 0.2) is 5.75 Å². The molecule has 0 bridgehead atoms. The number of carbonyl (C=O) groups is 2. The molecule has 0 fully saturated rings. The lowest BCUT2D eigenvalue weighted by Crippen LogP contribution is -2.42. The fourth-order valence-electron chi connectivity index (χ4n) is 3.96. The predicted octanol–water partition coefficient (Wildman–Crippen LogP) is 4.83. The average molecular weight is 492 g/mol. The number of nitro benzene ring substituents is 1. The van der Waals surface area contributed by atoms with Gasteiger partial charge in [0.25, 0.3) is 17.5 Å². The van der Waals surface area contributed by atoms with Crippen molar-refractivity contribution in [3.8, 4) is 5.75 Å². The van der Waals surface area contributed by atoms with Crippen molar-refractivity contribution in [1.82, 2.24) is 4.90 Å². The Morgan fingerprint density at radius 3 is 2.42 bits per heavy atom. The molecule has 1 heterocycles. The van der Waals surface area contributed by atoms with Gasteiger partial charge in [-0.05, 0) is 37.6 Å². The number of nitro groups is 1. The summed E-state index contributed by atoms with van der Waals surface area (Å²) in [6.07, 6.45) is 0. The summed E-state index contributed by atoms with van der Waals surface area (Å²) in [4.78, 5) is 37.9. The third kappa shape index (κ3) is 4.79. The van der Waals surface area contributed by atoms with Gasteiger partial charge >= 0.3 is 0 Å². The number of hydrogen-bond donors (Lipinski definition) is 1. The highest BCUT2D eigenvalue weighted by atomic mass is 16.6. The van der Waals surface area contributed by atoms with E-state index in [9.17, 15) is 24.8 Å². The number of ether oxygens (including phenoxy) is 2. The minimum Gasteiger partial charge on any atom is -0.505 e. The first-order valence-electron chi connectivity index (χ1n) is 11.3. The molecule has 0 spiro atoms. The number of aromatic hydroxyl groups is 1. The first-order valence-corrected chi connectivity index (χ1v) is 11.3. The van der Waals surface area contributed by atoms with Crippen molar-refractivity contribution in [1.29, 1.82) is 0 Å². The molecule has 0 aliphatic carbocycles. The largest absolute Gasteiger partial charge is 0.505 e. The molecular weight excluding hydrogens is 468 g/mol. The second kappa shape index (κ2) is 10.6. The van der Waals surface area contributed by atoms with E-state index in [0.717, 1.165) is 4.90 Å². The highest BCUT2D eigenvalue weighted by Crippen LogP contribution is 2.42. The molecule has 0 radical (unpaired) electrons. The summed E-state index contributed by atoms with van der Waals surface area (Å²) in [7, 11) is 0. The lowest BCUT2D eigenvalue weighted by Gasteiger charge is -2.27. The number of phenolic OH excluding ortho intramolecular Hbond substituents is 1. The van der Waals surface area contributed by atoms with E-state index in [1.807, 2.05) is 6.92 Å². The molecule has 4 rings (SSSR count). The molecule has 11 nitrogen and oxygen atoms in total. The molecule has 3 aromatic carbocycles. The van der Waals surface area contributed by atoms with Gasteiger partial charge in [-0.2, -0.15) is 5.11 Å². The van der Waals surface area contributed by atoms with Gasteiger partial charge in [-0.25, -0.2) is 0 Å². The van der Waals surface area contributed by atoms with Crippen molar-refractivity contribution in [3.05, 3.63) is 69.3 Å². The van der Waals surface area contributed by atoms with Crippen LogP contribution in [-0.4, -0.2) is 59.7 Å². The maximum atomic E-state index is 13.3. The van der Waals surface area contributed by atoms with Gasteiger partial charge in [0.1, 0.15) is 5.69 Å². The summed E-state index contributed by atoms with van der Waals surface area (Å²) in [5, 5.41) is 30.7. The predicted molar refractivity (Wildman–Crippen MR) is 130 cm³/mol. The van der Waals surface area contributed by atoms with Crippen LogP contribution >= 0.6 is 0 Å². The molecule has 0 saturated heterocycles. The number of nitrogens with zero attached hydrogens (tertiary/aromatic N) is 4. The SMILES string of the molecule is CCOCCOCCN1C(=O)c2cccc3c(O)c(N=Nc4ccc([N+](=O)[O-])cc4C)cc(c23)C1=O. The summed E-state index contributed by atoms with van der Waals surface area (Å²) >= 11 is 0. The lowest BCUT2D eigenvalue weighted by atomic mass is 9.93. The minimum atomic E-state index is -0.528. The standard InChI is InChI=1S/C25H24N4O7/c1-3-35-11-12-36-10-9-28-24(31)18-6-4-5-17-22(18)19(25(28)32)14-21(23(17)30)27-26-20-8-7-16(29(33)34)13-15(20)2/h4-8,13-14,30H,3,9-12H2,1-2H3. The van der Waals surface area contributed by atoms with Crippen molar-refractivity contribution >= 4 is 39.6 Å². The van der Waals surface area contributed by atoms with Crippen LogP contribution in [0.2, 0.25) is 0 Å². The number of phenols is 1. The van der Waals surface area contributed by atoms with E-state index in [4.69, 9.17) is 9.47 Å². The Balaban J connectivity index is 1.66. The van der Waals surface area contributed by atoms with Crippen LogP contribution in [0.1, 0.15) is 33.2 Å². The van der Waals surface area contributed by atoms with E-state index >= 15 is 0 Å². The maximum Gasteiger partial charge on any atom is 0.269 e. The van der Waals surface area contributed by atoms with Crippen molar-refractivity contribution in [3.63, 3.8) is 0 Å². The van der Waals surface area contributed by atoms with E-state index in [0.29, 0.717) is 47.4 Å². The third-order valence-electron chi connectivity index (χ3n) is 5.76. The number of aryl methyl sites for hydroxylation is 1. The molecule has 1 aliphatic rings. The molecule has 0 saturated carbocycles. The molecular formula is C25H24N4O7. The smallest absolute Gasteiger partial charge is 0.269 e. The zero-order valence-electron chi connectivity index (χ0n) is 19.8. The number of benzene rings is 3. The van der Waals surface area contributed by atoms with Crippen LogP contribution in [-0.2, 0) is 9.47 Å². The van der Waals surface area contributed by atoms with Crippen molar-refractivity contribution in [2.45, 2.75) is 13.8 Å². The number of amides is 2. The molecule has 11 heteroatoms. The van der Waals surface area contributed by atoms with E-state index in [-0.39, 0.29) is 35.8 Å². The molecule has 1 N–H and O–H groups in total. The highest BCUT2D eigenvalue weighted by Gasteiger charge is 2.34. The topological polar surface area (TPSA) is 144 Å². The van der Waals surface area contributed by atoms with E-state index < -0.39 is 16.7 Å². The van der Waals surface area contributed by atoms with Gasteiger partial charge in [-0.3, -0.25) is 24.6 Å². The zero-order valence-corrected chi connectivity index (χ0v) is 19.8. The van der Waals surface area contributed by atoms with Crippen LogP contribution < -0.4 is 0 Å². The second-order valence-corrected chi connectivity index (χ2v) is 8.02. The Kier molecular flexibility index (Phi) is 7.32. The molecule has 1 aliphatic heterocycles. The number of rotatable bonds is 10. The quantitative estimate of drug-likeness (QED) is 0.140. The van der Waals surface area contributed by atoms with Crippen LogP contribution in [0.4, 0.5) is 17.1 Å². The molecule has 0 unspecified atom stereocenters. The van der Waals surface area contributed by atoms with E-state index in [2.05, 4.69) is 10.2 Å². The Morgan fingerprint density at radius 2 is 1.69 bits per heavy atom. The number of carbonyl (C=O) groups excluding carboxylic acids is 2. The molecule has 2 amide bonds. The van der Waals surface area contributed by atoms with Crippen LogP contribution in [0.5, 0.6) is 5.75 Å². The van der Waals surface area contributed by atoms with Crippen LogP contribution in [0.25, 0.3) is 10.8 Å². The first kappa shape index (κ1) is 24.9. The normalized spacial score (nSPS) is 13.2. The van der Waals surface area contributed by atoms with Crippen LogP contribution in [0, 0.1) is 17.0 Å². The van der Waals surface area contributed by atoms with Crippen molar-refractivity contribution in [2.75, 3.05) is 33.0 Å². The third-order valence-corrected chi connectivity index (χ3v) is 5.76. The monoisotopic (exact) mass is 492 g/mol. The van der Waals surface area contributed by atoms with Gasteiger partial charge in [0.2, 0.25) is 0 Å². The van der Waals surface area contributed by atoms with Gasteiger partial charge in [-0.15, -0.1) is 5.11 Å². The van der Waals surface area contributed by atoms with Crippen molar-refractivity contribution < 1.29 is 29.1 Å². The van der Waals surface area contributed by atoms with Gasteiger partial charge in [-0.1, -0.05) is 12.1 Å². The highest BCUT2D eigenvalue weighted by molar-refractivity contribution is 6.26. The summed E-state index contributed by atoms with van der Waals surface area (Å²) in [5.41, 5.74) is 1.35. The Hall–Kier alpha value is -4.22. The average Bonchev–Trinajstić information content (AvgIpc) is 2.87. The number of imide groups is 1. The Bertz CT molecular complexity index is 1390. The fraction of sp³-hybridized carbons (Fsp3) is 0.280. The minimum absolute atomic E-state index is 0.0306. The Morgan fingerprint density at radius 1 is 0.972 bits per heavy atom. The van der Waals surface area contributed by atoms with Crippen LogP contribution in [0.3, 0.4) is 0 Å². The summed E-state index contributed by atoms with van der Waals surface area (Å²) in [6, 6.07) is 10.3. The summed E-state index contributed by atoms with van der Waals surface area (Å²) in [5.74, 6) is -1.23. The molecule has 36 heavy (non-hydrogen) atoms. The summed E-state index contributed by atoms with van der Waals surface area (Å²) in [6.45, 7) is 5.07. The van der Waals surface area contributed by atoms with E-state index in [1.54, 1.807) is 25.1 Å². The molecule has 3 aromatic rings. The second-order valence-electron chi connectivity index (χ2n) is 8.02. The van der Waals surface area contributed by atoms with Gasteiger partial charge in [0.05, 0.1) is 42.5 Å². The van der Waals surface area contributed by atoms with E-state index in [1.165, 1.54) is 24.3 Å². The van der Waals surface area contributed by atoms with Crippen molar-refractivity contribution in [2.24, 2.45) is 10.2 Å². The lowest BCUT2D eigenvalue weighted by molar-refractivity contribution is -0.384. The molecule has 186 valence electrons. The van der Waals surface area contributed by atoms with Gasteiger partial charge in [0, 0.05) is 35.1 Å². The molecule has 0 atom stereocenters. The zero-order chi connectivity index (χ0) is 25.8. The van der Waals surface area contributed by atoms with Gasteiger partial charge < -0.3 is 14.6 Å². The maximum absolute atomic E-state index is 13.3.